The number of fused-ring (bicyclic) bond motifs is 1. The first-order chi connectivity index (χ1) is 12.6. The van der Waals surface area contributed by atoms with Crippen molar-refractivity contribution in [1.82, 2.24) is 0 Å². The van der Waals surface area contributed by atoms with Gasteiger partial charge in [0.1, 0.15) is 5.75 Å². The van der Waals surface area contributed by atoms with Crippen LogP contribution in [0, 0.1) is 12.8 Å². The third kappa shape index (κ3) is 3.18. The van der Waals surface area contributed by atoms with E-state index >= 15 is 0 Å². The maximum atomic E-state index is 12.5. The number of hydrogen-bond donors (Lipinski definition) is 0. The van der Waals surface area contributed by atoms with E-state index in [4.69, 9.17) is 4.74 Å². The van der Waals surface area contributed by atoms with E-state index in [1.54, 1.807) is 11.0 Å². The van der Waals surface area contributed by atoms with Gasteiger partial charge in [0.25, 0.3) is 0 Å². The Morgan fingerprint density at radius 3 is 2.62 bits per heavy atom. The molecule has 1 heterocycles. The quantitative estimate of drug-likeness (QED) is 0.530. The number of anilines is 1. The number of hydrogen-bond acceptors (Lipinski definition) is 3. The molecular weight excluding hydrogens is 326 g/mol. The molecule has 3 aromatic carbocycles. The molecule has 0 saturated carbocycles. The van der Waals surface area contributed by atoms with Gasteiger partial charge in [0, 0.05) is 18.7 Å². The summed E-state index contributed by atoms with van der Waals surface area (Å²) in [5.74, 6) is -0.343. The summed E-state index contributed by atoms with van der Waals surface area (Å²) in [4.78, 5) is 26.6. The maximum absolute atomic E-state index is 12.5. The van der Waals surface area contributed by atoms with E-state index in [1.807, 2.05) is 67.6 Å². The smallest absolute Gasteiger partial charge is 0.316 e. The number of amides is 1. The molecule has 26 heavy (non-hydrogen) atoms. The van der Waals surface area contributed by atoms with Crippen molar-refractivity contribution in [2.24, 2.45) is 5.92 Å². The third-order valence-electron chi connectivity index (χ3n) is 4.71. The van der Waals surface area contributed by atoms with E-state index in [1.165, 1.54) is 0 Å². The summed E-state index contributed by atoms with van der Waals surface area (Å²) in [7, 11) is 0. The molecule has 3 aromatic rings. The van der Waals surface area contributed by atoms with E-state index in [-0.39, 0.29) is 18.3 Å². The number of nitrogens with zero attached hydrogens (tertiary/aromatic N) is 1. The molecule has 0 aliphatic carbocycles. The van der Waals surface area contributed by atoms with Gasteiger partial charge in [-0.25, -0.2) is 0 Å². The van der Waals surface area contributed by atoms with Gasteiger partial charge < -0.3 is 9.64 Å². The minimum atomic E-state index is -0.450. The van der Waals surface area contributed by atoms with Crippen LogP contribution in [0.25, 0.3) is 10.8 Å². The Morgan fingerprint density at radius 2 is 1.81 bits per heavy atom. The predicted octanol–water partition coefficient (Wildman–Crippen LogP) is 4.11. The number of benzene rings is 3. The van der Waals surface area contributed by atoms with Gasteiger partial charge >= 0.3 is 5.97 Å². The summed E-state index contributed by atoms with van der Waals surface area (Å²) in [6.45, 7) is 2.34. The molecule has 4 heteroatoms. The van der Waals surface area contributed by atoms with Gasteiger partial charge in [0.2, 0.25) is 5.91 Å². The van der Waals surface area contributed by atoms with Crippen LogP contribution in [0.1, 0.15) is 12.0 Å². The van der Waals surface area contributed by atoms with Crippen molar-refractivity contribution in [3.05, 3.63) is 72.3 Å². The van der Waals surface area contributed by atoms with E-state index in [0.717, 1.165) is 22.0 Å². The lowest BCUT2D eigenvalue weighted by Crippen LogP contribution is -2.27. The second-order valence-electron chi connectivity index (χ2n) is 6.67. The fourth-order valence-corrected chi connectivity index (χ4v) is 3.34. The van der Waals surface area contributed by atoms with Crippen LogP contribution in [0.15, 0.2) is 66.7 Å². The number of carbonyl (C=O) groups is 2. The van der Waals surface area contributed by atoms with Gasteiger partial charge in [-0.05, 0) is 47.5 Å². The molecule has 4 nitrogen and oxygen atoms in total. The van der Waals surface area contributed by atoms with Crippen molar-refractivity contribution < 1.29 is 14.3 Å². The van der Waals surface area contributed by atoms with Gasteiger partial charge in [-0.2, -0.15) is 0 Å². The summed E-state index contributed by atoms with van der Waals surface area (Å²) in [5, 5.41) is 2.11. The van der Waals surface area contributed by atoms with Gasteiger partial charge in [0.05, 0.1) is 5.92 Å². The highest BCUT2D eigenvalue weighted by atomic mass is 16.5. The van der Waals surface area contributed by atoms with Crippen LogP contribution in [0.3, 0.4) is 0 Å². The largest absolute Gasteiger partial charge is 0.426 e. The van der Waals surface area contributed by atoms with Crippen molar-refractivity contribution in [3.8, 4) is 5.75 Å². The summed E-state index contributed by atoms with van der Waals surface area (Å²) in [6.07, 6.45) is 0.181. The van der Waals surface area contributed by atoms with Crippen LogP contribution in [0.5, 0.6) is 5.75 Å². The Labute approximate surface area is 152 Å². The molecule has 0 aromatic heterocycles. The Balaban J connectivity index is 1.49. The molecule has 1 saturated heterocycles. The molecule has 0 radical (unpaired) electrons. The van der Waals surface area contributed by atoms with Crippen LogP contribution in [-0.2, 0) is 9.59 Å². The van der Waals surface area contributed by atoms with Crippen LogP contribution in [0.4, 0.5) is 5.69 Å². The Morgan fingerprint density at radius 1 is 1.00 bits per heavy atom. The number of carbonyl (C=O) groups excluding carboxylic acids is 2. The zero-order valence-corrected chi connectivity index (χ0v) is 14.5. The van der Waals surface area contributed by atoms with Gasteiger partial charge in [-0.15, -0.1) is 0 Å². The summed E-state index contributed by atoms with van der Waals surface area (Å²) < 4.78 is 5.54. The second-order valence-corrected chi connectivity index (χ2v) is 6.67. The SMILES string of the molecule is Cc1cccc(N2C[C@H](C(=O)Oc3ccc4ccccc4c3)CC2=O)c1. The first kappa shape index (κ1) is 16.3. The lowest BCUT2D eigenvalue weighted by atomic mass is 10.1. The zero-order valence-electron chi connectivity index (χ0n) is 14.5. The lowest BCUT2D eigenvalue weighted by Gasteiger charge is -2.17. The summed E-state index contributed by atoms with van der Waals surface area (Å²) in [6, 6.07) is 21.2. The summed E-state index contributed by atoms with van der Waals surface area (Å²) >= 11 is 0. The average molecular weight is 345 g/mol. The molecule has 1 atom stereocenters. The molecule has 1 aliphatic heterocycles. The van der Waals surface area contributed by atoms with Crippen molar-refractivity contribution in [2.75, 3.05) is 11.4 Å². The third-order valence-corrected chi connectivity index (χ3v) is 4.71. The summed E-state index contributed by atoms with van der Waals surface area (Å²) in [5.41, 5.74) is 1.91. The highest BCUT2D eigenvalue weighted by Gasteiger charge is 2.36. The Kier molecular flexibility index (Phi) is 4.17. The van der Waals surface area contributed by atoms with Gasteiger partial charge in [0.15, 0.2) is 0 Å². The van der Waals surface area contributed by atoms with E-state index in [2.05, 4.69) is 0 Å². The molecular formula is C22H19NO3. The average Bonchev–Trinajstić information content (AvgIpc) is 3.03. The molecule has 0 N–H and O–H groups in total. The van der Waals surface area contributed by atoms with Crippen molar-refractivity contribution in [2.45, 2.75) is 13.3 Å². The number of aryl methyl sites for hydroxylation is 1. The maximum Gasteiger partial charge on any atom is 0.316 e. The Hall–Kier alpha value is -3.14. The monoisotopic (exact) mass is 345 g/mol. The van der Waals surface area contributed by atoms with Crippen molar-refractivity contribution in [1.29, 1.82) is 0 Å². The standard InChI is InChI=1S/C22H19NO3/c1-15-5-4-8-19(11-15)23-14-18(13-21(23)24)22(25)26-20-10-9-16-6-2-3-7-17(16)12-20/h2-12,18H,13-14H2,1H3/t18-/m1/s1. The minimum absolute atomic E-state index is 0.0453. The molecule has 0 spiro atoms. The topological polar surface area (TPSA) is 46.6 Å². The minimum Gasteiger partial charge on any atom is -0.426 e. The molecule has 1 amide bonds. The fraction of sp³-hybridized carbons (Fsp3) is 0.182. The fourth-order valence-electron chi connectivity index (χ4n) is 3.34. The van der Waals surface area contributed by atoms with Crippen LogP contribution < -0.4 is 9.64 Å². The zero-order chi connectivity index (χ0) is 18.1. The molecule has 1 aliphatic rings. The molecule has 1 fully saturated rings. The number of ether oxygens (including phenoxy) is 1. The van der Waals surface area contributed by atoms with E-state index < -0.39 is 5.92 Å². The number of esters is 1. The van der Waals surface area contributed by atoms with Crippen LogP contribution >= 0.6 is 0 Å². The van der Waals surface area contributed by atoms with Gasteiger partial charge in [-0.3, -0.25) is 9.59 Å². The molecule has 4 rings (SSSR count). The molecule has 0 unspecified atom stereocenters. The predicted molar refractivity (Wildman–Crippen MR) is 101 cm³/mol. The second kappa shape index (κ2) is 6.64. The van der Waals surface area contributed by atoms with E-state index in [0.29, 0.717) is 12.3 Å². The lowest BCUT2D eigenvalue weighted by molar-refractivity contribution is -0.139. The first-order valence-corrected chi connectivity index (χ1v) is 8.68. The van der Waals surface area contributed by atoms with Crippen molar-refractivity contribution in [3.63, 3.8) is 0 Å². The van der Waals surface area contributed by atoms with Crippen LogP contribution in [-0.4, -0.2) is 18.4 Å². The highest BCUT2D eigenvalue weighted by Crippen LogP contribution is 2.28. The van der Waals surface area contributed by atoms with Crippen LogP contribution in [0.2, 0.25) is 0 Å². The Bertz CT molecular complexity index is 995. The first-order valence-electron chi connectivity index (χ1n) is 8.68. The normalized spacial score (nSPS) is 16.9. The van der Waals surface area contributed by atoms with Gasteiger partial charge in [-0.1, -0.05) is 42.5 Å². The van der Waals surface area contributed by atoms with E-state index in [9.17, 15) is 9.59 Å². The van der Waals surface area contributed by atoms with Crippen molar-refractivity contribution >= 4 is 28.3 Å². The highest BCUT2D eigenvalue weighted by molar-refractivity contribution is 5.99. The number of rotatable bonds is 3. The molecule has 0 bridgehead atoms. The molecule has 130 valence electrons.